The minimum Gasteiger partial charge on any atom is -0.456 e. The number of hydrogen-bond acceptors (Lipinski definition) is 6. The number of nitrogens with one attached hydrogen (secondary N) is 1. The zero-order valence-electron chi connectivity index (χ0n) is 15.1. The maximum absolute atomic E-state index is 13.1. The lowest BCUT2D eigenvalue weighted by molar-refractivity contribution is -0.385. The van der Waals surface area contributed by atoms with Crippen molar-refractivity contribution in [3.05, 3.63) is 57.6 Å². The molecular formula is C18H21N3O5S. The molecule has 144 valence electrons. The first-order chi connectivity index (χ1) is 12.8. The number of benzene rings is 2. The number of rotatable bonds is 5. The van der Waals surface area contributed by atoms with Crippen molar-refractivity contribution in [3.8, 4) is 11.5 Å². The van der Waals surface area contributed by atoms with Gasteiger partial charge >= 0.3 is 0 Å². The first kappa shape index (κ1) is 19.3. The average Bonchev–Trinajstić information content (AvgIpc) is 2.65. The molecule has 1 aliphatic rings. The molecule has 0 aromatic heterocycles. The van der Waals surface area contributed by atoms with Crippen molar-refractivity contribution in [2.75, 3.05) is 26.2 Å². The van der Waals surface area contributed by atoms with Gasteiger partial charge in [-0.05, 0) is 37.1 Å². The lowest BCUT2D eigenvalue weighted by Gasteiger charge is -2.27. The molecule has 1 fully saturated rings. The minimum absolute atomic E-state index is 0.0767. The normalized spacial score (nSPS) is 15.5. The van der Waals surface area contributed by atoms with Crippen LogP contribution in [0.2, 0.25) is 0 Å². The fraction of sp³-hybridized carbons (Fsp3) is 0.333. The molecule has 27 heavy (non-hydrogen) atoms. The van der Waals surface area contributed by atoms with Crippen LogP contribution in [-0.2, 0) is 10.0 Å². The molecule has 1 aliphatic heterocycles. The highest BCUT2D eigenvalue weighted by molar-refractivity contribution is 7.89. The summed E-state index contributed by atoms with van der Waals surface area (Å²) >= 11 is 0. The van der Waals surface area contributed by atoms with E-state index in [0.29, 0.717) is 31.9 Å². The molecule has 3 rings (SSSR count). The summed E-state index contributed by atoms with van der Waals surface area (Å²) in [6.45, 7) is 5.41. The number of non-ortho nitro benzene ring substituents is 1. The second-order valence-electron chi connectivity index (χ2n) is 6.41. The van der Waals surface area contributed by atoms with Crippen LogP contribution in [0.5, 0.6) is 11.5 Å². The van der Waals surface area contributed by atoms with Crippen molar-refractivity contribution in [2.24, 2.45) is 0 Å². The summed E-state index contributed by atoms with van der Waals surface area (Å²) in [4.78, 5) is 10.4. The Kier molecular flexibility index (Phi) is 5.45. The van der Waals surface area contributed by atoms with E-state index in [2.05, 4.69) is 5.32 Å². The van der Waals surface area contributed by atoms with Crippen LogP contribution in [0.3, 0.4) is 0 Å². The zero-order valence-corrected chi connectivity index (χ0v) is 16.0. The number of hydrogen-bond donors (Lipinski definition) is 1. The maximum Gasteiger partial charge on any atom is 0.271 e. The molecule has 0 spiro atoms. The van der Waals surface area contributed by atoms with Crippen LogP contribution in [-0.4, -0.2) is 43.8 Å². The Hall–Kier alpha value is -2.49. The second-order valence-corrected chi connectivity index (χ2v) is 8.32. The van der Waals surface area contributed by atoms with E-state index in [9.17, 15) is 18.5 Å². The molecule has 0 saturated carbocycles. The Morgan fingerprint density at radius 2 is 1.78 bits per heavy atom. The molecule has 0 radical (unpaired) electrons. The molecule has 8 nitrogen and oxygen atoms in total. The summed E-state index contributed by atoms with van der Waals surface area (Å²) in [6, 6.07) is 9.26. The maximum atomic E-state index is 13.1. The van der Waals surface area contributed by atoms with Gasteiger partial charge in [-0.2, -0.15) is 4.31 Å². The third-order valence-corrected chi connectivity index (χ3v) is 6.32. The summed E-state index contributed by atoms with van der Waals surface area (Å²) in [7, 11) is -3.93. The highest BCUT2D eigenvalue weighted by atomic mass is 32.2. The van der Waals surface area contributed by atoms with E-state index < -0.39 is 14.9 Å². The standard InChI is InChI=1S/C18H21N3O5S/c1-13-3-4-14(2)17(11-13)26-16-6-5-15(21(22)23)12-18(16)27(24,25)20-9-7-19-8-10-20/h3-6,11-12,19H,7-10H2,1-2H3. The van der Waals surface area contributed by atoms with Crippen molar-refractivity contribution in [2.45, 2.75) is 18.7 Å². The van der Waals surface area contributed by atoms with Gasteiger partial charge in [-0.25, -0.2) is 8.42 Å². The number of nitrogens with zero attached hydrogens (tertiary/aromatic N) is 2. The van der Waals surface area contributed by atoms with Gasteiger partial charge in [0.25, 0.3) is 5.69 Å². The van der Waals surface area contributed by atoms with E-state index in [4.69, 9.17) is 4.74 Å². The van der Waals surface area contributed by atoms with Crippen LogP contribution in [0.25, 0.3) is 0 Å². The van der Waals surface area contributed by atoms with E-state index in [1.165, 1.54) is 16.4 Å². The van der Waals surface area contributed by atoms with Crippen LogP contribution in [0.4, 0.5) is 5.69 Å². The predicted octanol–water partition coefficient (Wildman–Crippen LogP) is 2.60. The van der Waals surface area contributed by atoms with E-state index in [1.807, 2.05) is 26.0 Å². The van der Waals surface area contributed by atoms with Gasteiger partial charge in [0.2, 0.25) is 10.0 Å². The molecule has 0 amide bonds. The molecule has 0 bridgehead atoms. The summed E-state index contributed by atoms with van der Waals surface area (Å²) in [5.74, 6) is 0.591. The topological polar surface area (TPSA) is 102 Å². The predicted molar refractivity (Wildman–Crippen MR) is 101 cm³/mol. The number of aryl methyl sites for hydroxylation is 2. The molecule has 1 heterocycles. The van der Waals surface area contributed by atoms with Crippen LogP contribution >= 0.6 is 0 Å². The quantitative estimate of drug-likeness (QED) is 0.621. The molecule has 1 N–H and O–H groups in total. The Balaban J connectivity index is 2.08. The van der Waals surface area contributed by atoms with Gasteiger partial charge in [0, 0.05) is 38.3 Å². The lowest BCUT2D eigenvalue weighted by Crippen LogP contribution is -2.46. The Bertz CT molecular complexity index is 969. The fourth-order valence-corrected chi connectivity index (χ4v) is 4.43. The van der Waals surface area contributed by atoms with Gasteiger partial charge < -0.3 is 10.1 Å². The van der Waals surface area contributed by atoms with Crippen molar-refractivity contribution >= 4 is 15.7 Å². The summed E-state index contributed by atoms with van der Waals surface area (Å²) in [5, 5.41) is 14.3. The first-order valence-electron chi connectivity index (χ1n) is 8.53. The molecule has 0 aliphatic carbocycles. The molecule has 1 saturated heterocycles. The average molecular weight is 391 g/mol. The minimum atomic E-state index is -3.93. The molecule has 2 aromatic rings. The Morgan fingerprint density at radius 1 is 1.07 bits per heavy atom. The lowest BCUT2D eigenvalue weighted by atomic mass is 10.1. The highest BCUT2D eigenvalue weighted by Gasteiger charge is 2.31. The molecule has 2 aromatic carbocycles. The molecular weight excluding hydrogens is 370 g/mol. The molecule has 0 unspecified atom stereocenters. The SMILES string of the molecule is Cc1ccc(C)c(Oc2ccc([N+](=O)[O-])cc2S(=O)(=O)N2CCNCC2)c1. The number of piperazine rings is 1. The van der Waals surface area contributed by atoms with Crippen LogP contribution in [0.15, 0.2) is 41.3 Å². The van der Waals surface area contributed by atoms with Crippen LogP contribution < -0.4 is 10.1 Å². The number of sulfonamides is 1. The van der Waals surface area contributed by atoms with Gasteiger partial charge in [0.15, 0.2) is 0 Å². The Morgan fingerprint density at radius 3 is 2.44 bits per heavy atom. The van der Waals surface area contributed by atoms with Gasteiger partial charge in [0.1, 0.15) is 16.4 Å². The molecule has 9 heteroatoms. The zero-order chi connectivity index (χ0) is 19.6. The number of ether oxygens (including phenoxy) is 1. The van der Waals surface area contributed by atoms with Crippen molar-refractivity contribution in [1.82, 2.24) is 9.62 Å². The van der Waals surface area contributed by atoms with Crippen molar-refractivity contribution in [1.29, 1.82) is 0 Å². The third kappa shape index (κ3) is 4.10. The van der Waals surface area contributed by atoms with E-state index in [-0.39, 0.29) is 16.3 Å². The van der Waals surface area contributed by atoms with Crippen molar-refractivity contribution < 1.29 is 18.1 Å². The number of nitro benzene ring substituents is 1. The molecule has 0 atom stereocenters. The largest absolute Gasteiger partial charge is 0.456 e. The van der Waals surface area contributed by atoms with E-state index in [1.54, 1.807) is 6.07 Å². The van der Waals surface area contributed by atoms with Crippen LogP contribution in [0, 0.1) is 24.0 Å². The second kappa shape index (κ2) is 7.63. The summed E-state index contributed by atoms with van der Waals surface area (Å²) < 4.78 is 33.4. The fourth-order valence-electron chi connectivity index (χ4n) is 2.86. The van der Waals surface area contributed by atoms with E-state index >= 15 is 0 Å². The monoisotopic (exact) mass is 391 g/mol. The smallest absolute Gasteiger partial charge is 0.271 e. The summed E-state index contributed by atoms with van der Waals surface area (Å²) in [6.07, 6.45) is 0. The third-order valence-electron chi connectivity index (χ3n) is 4.40. The van der Waals surface area contributed by atoms with Gasteiger partial charge in [-0.1, -0.05) is 12.1 Å². The summed E-state index contributed by atoms with van der Waals surface area (Å²) in [5.41, 5.74) is 1.51. The van der Waals surface area contributed by atoms with Gasteiger partial charge in [-0.3, -0.25) is 10.1 Å². The van der Waals surface area contributed by atoms with Crippen molar-refractivity contribution in [3.63, 3.8) is 0 Å². The first-order valence-corrected chi connectivity index (χ1v) is 9.97. The van der Waals surface area contributed by atoms with Gasteiger partial charge in [0.05, 0.1) is 4.92 Å². The van der Waals surface area contributed by atoms with Crippen LogP contribution in [0.1, 0.15) is 11.1 Å². The van der Waals surface area contributed by atoms with E-state index in [0.717, 1.165) is 17.2 Å². The Labute approximate surface area is 158 Å². The highest BCUT2D eigenvalue weighted by Crippen LogP contribution is 2.35. The van der Waals surface area contributed by atoms with Gasteiger partial charge in [-0.15, -0.1) is 0 Å². The number of nitro groups is 1.